The molecular weight excluding hydrogens is 405 g/mol. The van der Waals surface area contributed by atoms with Crippen LogP contribution in [0.2, 0.25) is 0 Å². The minimum absolute atomic E-state index is 0.312. The van der Waals surface area contributed by atoms with Gasteiger partial charge in [0.15, 0.2) is 0 Å². The highest BCUT2D eigenvalue weighted by molar-refractivity contribution is 7.32. The maximum atomic E-state index is 10.6. The van der Waals surface area contributed by atoms with Gasteiger partial charge in [0, 0.05) is 6.54 Å². The van der Waals surface area contributed by atoms with Crippen LogP contribution in [0.3, 0.4) is 0 Å². The lowest BCUT2D eigenvalue weighted by Crippen LogP contribution is -2.16. The zero-order valence-electron chi connectivity index (χ0n) is 18.2. The van der Waals surface area contributed by atoms with E-state index in [1.54, 1.807) is 0 Å². The summed E-state index contributed by atoms with van der Waals surface area (Å²) in [7, 11) is -2.81. The van der Waals surface area contributed by atoms with Crippen LogP contribution in [0.4, 0.5) is 0 Å². The summed E-state index contributed by atoms with van der Waals surface area (Å²) in [5.74, 6) is 0. The molecule has 0 aliphatic heterocycles. The molecule has 0 aliphatic rings. The summed E-state index contributed by atoms with van der Waals surface area (Å²) >= 11 is 0. The Kier molecular flexibility index (Phi) is 10.3. The predicted molar refractivity (Wildman–Crippen MR) is 130 cm³/mol. The SMILES string of the molecule is O=[PH](O)OCCCNCc1ccc(CCCCCCc2ccccc2)c2ccccc12. The Morgan fingerprint density at radius 2 is 1.39 bits per heavy atom. The van der Waals surface area contributed by atoms with E-state index in [1.165, 1.54) is 59.6 Å². The van der Waals surface area contributed by atoms with Crippen molar-refractivity contribution in [3.8, 4) is 0 Å². The number of fused-ring (bicyclic) bond motifs is 1. The van der Waals surface area contributed by atoms with Crippen molar-refractivity contribution in [3.63, 3.8) is 0 Å². The van der Waals surface area contributed by atoms with Gasteiger partial charge in [-0.05, 0) is 66.1 Å². The highest BCUT2D eigenvalue weighted by Crippen LogP contribution is 2.25. The molecule has 0 spiro atoms. The average molecular weight is 440 g/mol. The normalized spacial score (nSPS) is 12.3. The monoisotopic (exact) mass is 439 g/mol. The largest absolute Gasteiger partial charge is 0.326 e. The second kappa shape index (κ2) is 13.4. The number of hydrogen-bond donors (Lipinski definition) is 2. The molecule has 3 rings (SSSR count). The molecule has 0 saturated heterocycles. The van der Waals surface area contributed by atoms with Crippen LogP contribution in [0, 0.1) is 0 Å². The van der Waals surface area contributed by atoms with Crippen LogP contribution in [0.5, 0.6) is 0 Å². The standard InChI is InChI=1S/C26H34NO3P/c28-31(29)30-20-10-19-27-21-24-18-17-23(25-15-8-9-16-26(24)25)14-7-2-1-4-11-22-12-5-3-6-13-22/h3,5-6,8-9,12-13,15-18,27,31H,1-2,4,7,10-11,14,19-21H2,(H,28,29). The zero-order valence-corrected chi connectivity index (χ0v) is 19.2. The van der Waals surface area contributed by atoms with Crippen LogP contribution in [0.1, 0.15) is 48.8 Å². The minimum atomic E-state index is -2.81. The summed E-state index contributed by atoms with van der Waals surface area (Å²) < 4.78 is 15.3. The summed E-state index contributed by atoms with van der Waals surface area (Å²) in [5, 5.41) is 6.08. The zero-order chi connectivity index (χ0) is 21.7. The summed E-state index contributed by atoms with van der Waals surface area (Å²) in [4.78, 5) is 8.69. The number of unbranched alkanes of at least 4 members (excludes halogenated alkanes) is 3. The first-order valence-corrected chi connectivity index (χ1v) is 12.6. The Morgan fingerprint density at radius 3 is 2.13 bits per heavy atom. The van der Waals surface area contributed by atoms with Crippen LogP contribution in [0.15, 0.2) is 66.7 Å². The Hall–Kier alpha value is -1.97. The van der Waals surface area contributed by atoms with Crippen molar-refractivity contribution in [2.45, 2.75) is 51.5 Å². The van der Waals surface area contributed by atoms with E-state index >= 15 is 0 Å². The maximum absolute atomic E-state index is 10.6. The molecule has 0 amide bonds. The summed E-state index contributed by atoms with van der Waals surface area (Å²) in [6, 6.07) is 23.9. The first-order valence-electron chi connectivity index (χ1n) is 11.3. The molecule has 0 radical (unpaired) electrons. The third kappa shape index (κ3) is 8.23. The van der Waals surface area contributed by atoms with Gasteiger partial charge in [0.05, 0.1) is 6.61 Å². The van der Waals surface area contributed by atoms with Gasteiger partial charge in [-0.25, -0.2) is 0 Å². The number of rotatable bonds is 14. The minimum Gasteiger partial charge on any atom is -0.326 e. The fourth-order valence-electron chi connectivity index (χ4n) is 4.02. The van der Waals surface area contributed by atoms with Crippen molar-refractivity contribution in [2.24, 2.45) is 0 Å². The van der Waals surface area contributed by atoms with E-state index < -0.39 is 8.25 Å². The molecule has 2 N–H and O–H groups in total. The summed E-state index contributed by atoms with van der Waals surface area (Å²) in [6.45, 7) is 1.86. The molecule has 3 aromatic carbocycles. The average Bonchev–Trinajstić information content (AvgIpc) is 2.79. The molecule has 1 unspecified atom stereocenters. The van der Waals surface area contributed by atoms with Gasteiger partial charge in [0.2, 0.25) is 0 Å². The second-order valence-corrected chi connectivity index (χ2v) is 8.79. The molecule has 0 fully saturated rings. The third-order valence-electron chi connectivity index (χ3n) is 5.65. The lowest BCUT2D eigenvalue weighted by molar-refractivity contribution is 0.276. The topological polar surface area (TPSA) is 58.6 Å². The molecule has 3 aromatic rings. The lowest BCUT2D eigenvalue weighted by atomic mass is 9.95. The molecule has 0 aliphatic carbocycles. The van der Waals surface area contributed by atoms with E-state index in [2.05, 4.69) is 72.0 Å². The Balaban J connectivity index is 1.44. The molecule has 0 saturated carbocycles. The van der Waals surface area contributed by atoms with Gasteiger partial charge in [-0.2, -0.15) is 0 Å². The van der Waals surface area contributed by atoms with Gasteiger partial charge in [-0.3, -0.25) is 4.57 Å². The molecule has 0 bridgehead atoms. The predicted octanol–water partition coefficient (Wildman–Crippen LogP) is 6.06. The van der Waals surface area contributed by atoms with Gasteiger partial charge in [-0.1, -0.05) is 79.6 Å². The Labute approximate surface area is 186 Å². The summed E-state index contributed by atoms with van der Waals surface area (Å²) in [5.41, 5.74) is 4.16. The number of hydrogen-bond acceptors (Lipinski definition) is 3. The molecule has 1 atom stereocenters. The van der Waals surface area contributed by atoms with Gasteiger partial charge < -0.3 is 14.7 Å². The molecule has 4 nitrogen and oxygen atoms in total. The third-order valence-corrected chi connectivity index (χ3v) is 6.10. The first-order chi connectivity index (χ1) is 15.2. The van der Waals surface area contributed by atoms with E-state index in [9.17, 15) is 4.57 Å². The fraction of sp³-hybridized carbons (Fsp3) is 0.385. The Morgan fingerprint density at radius 1 is 0.742 bits per heavy atom. The lowest BCUT2D eigenvalue weighted by Gasteiger charge is -2.12. The molecular formula is C26H34NO3P. The van der Waals surface area contributed by atoms with Crippen LogP contribution in [-0.4, -0.2) is 18.0 Å². The van der Waals surface area contributed by atoms with Crippen LogP contribution >= 0.6 is 8.25 Å². The van der Waals surface area contributed by atoms with Crippen molar-refractivity contribution in [3.05, 3.63) is 83.4 Å². The van der Waals surface area contributed by atoms with E-state index in [0.29, 0.717) is 6.61 Å². The summed E-state index contributed by atoms with van der Waals surface area (Å²) in [6.07, 6.45) is 8.06. The van der Waals surface area contributed by atoms with Gasteiger partial charge in [-0.15, -0.1) is 0 Å². The first kappa shape index (κ1) is 23.7. The van der Waals surface area contributed by atoms with Crippen molar-refractivity contribution in [1.82, 2.24) is 5.32 Å². The van der Waals surface area contributed by atoms with E-state index in [1.807, 2.05) is 0 Å². The van der Waals surface area contributed by atoms with Crippen LogP contribution in [0.25, 0.3) is 10.8 Å². The quantitative estimate of drug-likeness (QED) is 0.237. The molecule has 166 valence electrons. The smallest absolute Gasteiger partial charge is 0.316 e. The highest BCUT2D eigenvalue weighted by atomic mass is 31.1. The molecule has 0 aromatic heterocycles. The number of benzene rings is 3. The maximum Gasteiger partial charge on any atom is 0.316 e. The van der Waals surface area contributed by atoms with E-state index in [4.69, 9.17) is 9.42 Å². The second-order valence-electron chi connectivity index (χ2n) is 7.97. The van der Waals surface area contributed by atoms with Gasteiger partial charge >= 0.3 is 8.25 Å². The van der Waals surface area contributed by atoms with Crippen LogP contribution < -0.4 is 5.32 Å². The van der Waals surface area contributed by atoms with Crippen molar-refractivity contribution < 1.29 is 14.0 Å². The molecule has 0 heterocycles. The van der Waals surface area contributed by atoms with Crippen LogP contribution in [-0.2, 0) is 28.5 Å². The highest BCUT2D eigenvalue weighted by Gasteiger charge is 2.06. The van der Waals surface area contributed by atoms with Crippen molar-refractivity contribution >= 4 is 19.0 Å². The van der Waals surface area contributed by atoms with E-state index in [-0.39, 0.29) is 0 Å². The van der Waals surface area contributed by atoms with Gasteiger partial charge in [0.25, 0.3) is 0 Å². The van der Waals surface area contributed by atoms with Gasteiger partial charge in [0.1, 0.15) is 0 Å². The van der Waals surface area contributed by atoms with Crippen molar-refractivity contribution in [2.75, 3.05) is 13.2 Å². The molecule has 31 heavy (non-hydrogen) atoms. The number of nitrogens with one attached hydrogen (secondary N) is 1. The molecule has 5 heteroatoms. The van der Waals surface area contributed by atoms with E-state index in [0.717, 1.165) is 25.9 Å². The number of aryl methyl sites for hydroxylation is 2. The fourth-order valence-corrected chi connectivity index (χ4v) is 4.34. The Bertz CT molecular complexity index is 946. The van der Waals surface area contributed by atoms with Crippen molar-refractivity contribution in [1.29, 1.82) is 0 Å².